The van der Waals surface area contributed by atoms with Crippen molar-refractivity contribution in [2.45, 2.75) is 44.8 Å². The Hall–Kier alpha value is -1.91. The number of hydrogen-bond acceptors (Lipinski definition) is 1. The Kier molecular flexibility index (Phi) is 3.23. The van der Waals surface area contributed by atoms with Crippen LogP contribution in [0, 0.1) is 5.82 Å². The highest BCUT2D eigenvalue weighted by molar-refractivity contribution is 5.88. The zero-order valence-electron chi connectivity index (χ0n) is 12.1. The number of amides is 1. The first-order valence-electron chi connectivity index (χ1n) is 7.17. The van der Waals surface area contributed by atoms with Gasteiger partial charge in [-0.05, 0) is 42.5 Å². The Bertz CT molecular complexity index is 702. The van der Waals surface area contributed by atoms with Crippen molar-refractivity contribution in [3.63, 3.8) is 0 Å². The van der Waals surface area contributed by atoms with Crippen LogP contribution in [0.3, 0.4) is 0 Å². The van der Waals surface area contributed by atoms with Gasteiger partial charge in [-0.3, -0.25) is 4.79 Å². The molecule has 1 fully saturated rings. The molecule has 1 heterocycles. The fraction of sp³-hybridized carbons (Fsp3) is 0.438. The number of fused-ring (bicyclic) bond motifs is 1. The summed E-state index contributed by atoms with van der Waals surface area (Å²) in [6.07, 6.45) is 0.600. The minimum Gasteiger partial charge on any atom is -0.357 e. The van der Waals surface area contributed by atoms with Crippen LogP contribution < -0.4 is 5.32 Å². The lowest BCUT2D eigenvalue weighted by atomic mass is 10.0. The highest BCUT2D eigenvalue weighted by Crippen LogP contribution is 2.39. The summed E-state index contributed by atoms with van der Waals surface area (Å²) in [5.41, 5.74) is 0.553. The van der Waals surface area contributed by atoms with Gasteiger partial charge in [0.25, 0.3) is 5.91 Å². The lowest BCUT2D eigenvalue weighted by Crippen LogP contribution is -2.32. The summed E-state index contributed by atoms with van der Waals surface area (Å²) in [5.74, 6) is -0.690. The number of hydrogen-bond donors (Lipinski definition) is 2. The third-order valence-corrected chi connectivity index (χ3v) is 3.95. The van der Waals surface area contributed by atoms with Crippen LogP contribution in [0.15, 0.2) is 18.2 Å². The molecule has 1 aliphatic carbocycles. The van der Waals surface area contributed by atoms with Gasteiger partial charge in [0.15, 0.2) is 5.67 Å². The molecule has 1 aromatic carbocycles. The Morgan fingerprint density at radius 2 is 2.10 bits per heavy atom. The molecule has 3 nitrogen and oxygen atoms in total. The number of halogens is 2. The maximum atomic E-state index is 13.9. The second-order valence-electron chi connectivity index (χ2n) is 6.06. The van der Waals surface area contributed by atoms with Crippen molar-refractivity contribution in [2.75, 3.05) is 0 Å². The van der Waals surface area contributed by atoms with Gasteiger partial charge in [-0.15, -0.1) is 0 Å². The summed E-state index contributed by atoms with van der Waals surface area (Å²) in [6, 6.07) is 5.06. The van der Waals surface area contributed by atoms with Crippen LogP contribution in [0.25, 0.3) is 10.9 Å². The van der Waals surface area contributed by atoms with E-state index in [4.69, 9.17) is 0 Å². The van der Waals surface area contributed by atoms with E-state index in [1.165, 1.54) is 6.07 Å². The first-order chi connectivity index (χ1) is 9.89. The van der Waals surface area contributed by atoms with Crippen molar-refractivity contribution in [1.29, 1.82) is 0 Å². The van der Waals surface area contributed by atoms with Gasteiger partial charge in [0.2, 0.25) is 0 Å². The van der Waals surface area contributed by atoms with Gasteiger partial charge in [-0.1, -0.05) is 13.8 Å². The minimum atomic E-state index is -1.66. The average Bonchev–Trinajstić information content (AvgIpc) is 3.05. The molecule has 112 valence electrons. The number of aromatic amines is 1. The van der Waals surface area contributed by atoms with Gasteiger partial charge < -0.3 is 10.3 Å². The molecule has 3 rings (SSSR count). The van der Waals surface area contributed by atoms with Crippen LogP contribution >= 0.6 is 0 Å². The molecule has 1 saturated carbocycles. The maximum absolute atomic E-state index is 13.9. The fourth-order valence-electron chi connectivity index (χ4n) is 2.44. The summed E-state index contributed by atoms with van der Waals surface area (Å²) in [6.45, 7) is 4.09. The van der Waals surface area contributed by atoms with Gasteiger partial charge in [0.05, 0.1) is 6.54 Å². The molecule has 0 atom stereocenters. The normalized spacial score (nSPS) is 16.4. The standard InChI is InChI=1S/C16H18F2N2O/c1-9(2)12-7-14-10(6-13(12)17)5-11(20-14)8-19-15(21)16(18)3-4-16/h5-7,9,20H,3-4,8H2,1-2H3,(H,19,21). The molecule has 1 amide bonds. The third kappa shape index (κ3) is 2.64. The summed E-state index contributed by atoms with van der Waals surface area (Å²) in [5, 5.41) is 3.33. The lowest BCUT2D eigenvalue weighted by molar-refractivity contribution is -0.127. The SMILES string of the molecule is CC(C)c1cc2[nH]c(CNC(=O)C3(F)CC3)cc2cc1F. The Labute approximate surface area is 121 Å². The molecule has 0 aliphatic heterocycles. The van der Waals surface area contributed by atoms with Crippen molar-refractivity contribution < 1.29 is 13.6 Å². The number of nitrogens with one attached hydrogen (secondary N) is 2. The van der Waals surface area contributed by atoms with Gasteiger partial charge >= 0.3 is 0 Å². The van der Waals surface area contributed by atoms with E-state index in [2.05, 4.69) is 10.3 Å². The number of carbonyl (C=O) groups is 1. The molecule has 2 N–H and O–H groups in total. The second-order valence-corrected chi connectivity index (χ2v) is 6.06. The molecule has 1 aromatic heterocycles. The average molecular weight is 292 g/mol. The topological polar surface area (TPSA) is 44.9 Å². The molecule has 0 unspecified atom stereocenters. The first kappa shape index (κ1) is 14.0. The molecule has 0 bridgehead atoms. The summed E-state index contributed by atoms with van der Waals surface area (Å²) < 4.78 is 27.4. The van der Waals surface area contributed by atoms with Crippen LogP contribution in [0.5, 0.6) is 0 Å². The molecule has 2 aromatic rings. The smallest absolute Gasteiger partial charge is 0.257 e. The summed E-state index contributed by atoms with van der Waals surface area (Å²) >= 11 is 0. The number of rotatable bonds is 4. The molecule has 1 aliphatic rings. The largest absolute Gasteiger partial charge is 0.357 e. The molecule has 5 heteroatoms. The van der Waals surface area contributed by atoms with Gasteiger partial charge in [0, 0.05) is 16.6 Å². The molecule has 21 heavy (non-hydrogen) atoms. The predicted octanol–water partition coefficient (Wildman–Crippen LogP) is 3.55. The van der Waals surface area contributed by atoms with Crippen LogP contribution in [0.1, 0.15) is 43.9 Å². The quantitative estimate of drug-likeness (QED) is 0.889. The zero-order chi connectivity index (χ0) is 15.2. The van der Waals surface area contributed by atoms with Gasteiger partial charge in [-0.2, -0.15) is 0 Å². The summed E-state index contributed by atoms with van der Waals surface area (Å²) in [4.78, 5) is 14.7. The summed E-state index contributed by atoms with van der Waals surface area (Å²) in [7, 11) is 0. The Balaban J connectivity index is 1.79. The van der Waals surface area contributed by atoms with Crippen molar-refractivity contribution in [2.24, 2.45) is 0 Å². The van der Waals surface area contributed by atoms with Gasteiger partial charge in [0.1, 0.15) is 5.82 Å². The van der Waals surface area contributed by atoms with Crippen LogP contribution in [-0.2, 0) is 11.3 Å². The molecular weight excluding hydrogens is 274 g/mol. The van der Waals surface area contributed by atoms with Crippen LogP contribution in [0.2, 0.25) is 0 Å². The van der Waals surface area contributed by atoms with E-state index in [9.17, 15) is 13.6 Å². The highest BCUT2D eigenvalue weighted by Gasteiger charge is 2.50. The maximum Gasteiger partial charge on any atom is 0.257 e. The lowest BCUT2D eigenvalue weighted by Gasteiger charge is -2.06. The van der Waals surface area contributed by atoms with E-state index in [0.717, 1.165) is 16.6 Å². The van der Waals surface area contributed by atoms with Crippen LogP contribution in [0.4, 0.5) is 8.78 Å². The highest BCUT2D eigenvalue weighted by atomic mass is 19.1. The molecular formula is C16H18F2N2O. The van der Waals surface area contributed by atoms with Gasteiger partial charge in [-0.25, -0.2) is 8.78 Å². The molecule has 0 spiro atoms. The number of alkyl halides is 1. The molecule has 0 saturated heterocycles. The number of benzene rings is 1. The number of H-pyrrole nitrogens is 1. The van der Waals surface area contributed by atoms with Crippen molar-refractivity contribution in [3.05, 3.63) is 35.3 Å². The third-order valence-electron chi connectivity index (χ3n) is 3.95. The Morgan fingerprint density at radius 1 is 1.38 bits per heavy atom. The van der Waals surface area contributed by atoms with Crippen molar-refractivity contribution >= 4 is 16.8 Å². The zero-order valence-corrected chi connectivity index (χ0v) is 12.1. The van der Waals surface area contributed by atoms with Crippen LogP contribution in [-0.4, -0.2) is 16.6 Å². The number of aromatic nitrogens is 1. The van der Waals surface area contributed by atoms with Crippen molar-refractivity contribution in [3.8, 4) is 0 Å². The second kappa shape index (κ2) is 4.83. The first-order valence-corrected chi connectivity index (χ1v) is 7.17. The van der Waals surface area contributed by atoms with E-state index >= 15 is 0 Å². The van der Waals surface area contributed by atoms with E-state index in [0.29, 0.717) is 18.4 Å². The Morgan fingerprint density at radius 3 is 2.71 bits per heavy atom. The van der Waals surface area contributed by atoms with E-state index in [-0.39, 0.29) is 18.3 Å². The predicted molar refractivity (Wildman–Crippen MR) is 77.3 cm³/mol. The minimum absolute atomic E-state index is 0.0992. The van der Waals surface area contributed by atoms with E-state index < -0.39 is 11.6 Å². The van der Waals surface area contributed by atoms with Crippen molar-refractivity contribution in [1.82, 2.24) is 10.3 Å². The fourth-order valence-corrected chi connectivity index (χ4v) is 2.44. The van der Waals surface area contributed by atoms with E-state index in [1.54, 1.807) is 12.1 Å². The molecule has 0 radical (unpaired) electrons. The van der Waals surface area contributed by atoms with E-state index in [1.807, 2.05) is 13.8 Å². The monoisotopic (exact) mass is 292 g/mol. The number of carbonyl (C=O) groups excluding carboxylic acids is 1.